The van der Waals surface area contributed by atoms with Crippen LogP contribution in [0.3, 0.4) is 0 Å². The predicted octanol–water partition coefficient (Wildman–Crippen LogP) is 2.21. The zero-order valence-electron chi connectivity index (χ0n) is 9.29. The average Bonchev–Trinajstić information content (AvgIpc) is 2.77. The first-order valence-electron chi connectivity index (χ1n) is 5.47. The molecule has 2 rings (SSSR count). The number of phenolic OH excluding ortho intramolecular Hbond substituents is 1. The van der Waals surface area contributed by atoms with Crippen LogP contribution >= 0.6 is 11.6 Å². The second kappa shape index (κ2) is 4.93. The lowest BCUT2D eigenvalue weighted by Crippen LogP contribution is -2.10. The van der Waals surface area contributed by atoms with E-state index in [9.17, 15) is 5.11 Å². The fourth-order valence-electron chi connectivity index (χ4n) is 2.10. The lowest BCUT2D eigenvalue weighted by Gasteiger charge is -2.12. The number of benzene rings is 1. The lowest BCUT2D eigenvalue weighted by molar-refractivity contribution is 0.409. The Hall–Kier alpha value is -0.930. The highest BCUT2D eigenvalue weighted by Gasteiger charge is 2.18. The van der Waals surface area contributed by atoms with E-state index in [-0.39, 0.29) is 5.75 Å². The predicted molar refractivity (Wildman–Crippen MR) is 64.3 cm³/mol. The van der Waals surface area contributed by atoms with Crippen molar-refractivity contribution in [3.05, 3.63) is 22.7 Å². The Kier molecular flexibility index (Phi) is 3.56. The van der Waals surface area contributed by atoms with E-state index >= 15 is 0 Å². The van der Waals surface area contributed by atoms with Gasteiger partial charge in [0.1, 0.15) is 11.5 Å². The third-order valence-corrected chi connectivity index (χ3v) is 3.31. The smallest absolute Gasteiger partial charge is 0.137 e. The maximum atomic E-state index is 9.87. The van der Waals surface area contributed by atoms with E-state index in [1.54, 1.807) is 13.2 Å². The second-order valence-corrected chi connectivity index (χ2v) is 4.59. The van der Waals surface area contributed by atoms with Crippen molar-refractivity contribution < 1.29 is 9.84 Å². The maximum absolute atomic E-state index is 9.87. The van der Waals surface area contributed by atoms with Gasteiger partial charge in [-0.2, -0.15) is 0 Å². The molecule has 1 unspecified atom stereocenters. The summed E-state index contributed by atoms with van der Waals surface area (Å²) in [6.07, 6.45) is 1.99. The van der Waals surface area contributed by atoms with Gasteiger partial charge in [-0.25, -0.2) is 0 Å². The highest BCUT2D eigenvalue weighted by molar-refractivity contribution is 6.32. The van der Waals surface area contributed by atoms with Crippen molar-refractivity contribution in [2.24, 2.45) is 5.92 Å². The number of phenols is 1. The standard InChI is InChI=1S/C12H16ClNO2/c1-16-10-5-9(12(15)11(13)6-10)4-8-2-3-14-7-8/h5-6,8,14-15H,2-4,7H2,1H3. The van der Waals surface area contributed by atoms with Crippen LogP contribution in [0.5, 0.6) is 11.5 Å². The van der Waals surface area contributed by atoms with Gasteiger partial charge in [0, 0.05) is 6.07 Å². The summed E-state index contributed by atoms with van der Waals surface area (Å²) in [4.78, 5) is 0. The highest BCUT2D eigenvalue weighted by Crippen LogP contribution is 2.34. The number of hydrogen-bond acceptors (Lipinski definition) is 3. The maximum Gasteiger partial charge on any atom is 0.137 e. The largest absolute Gasteiger partial charge is 0.506 e. The van der Waals surface area contributed by atoms with Crippen LogP contribution in [0, 0.1) is 5.92 Å². The van der Waals surface area contributed by atoms with Gasteiger partial charge in [0.2, 0.25) is 0 Å². The molecule has 1 aliphatic rings. The molecule has 0 radical (unpaired) electrons. The van der Waals surface area contributed by atoms with Gasteiger partial charge in [0.25, 0.3) is 0 Å². The number of ether oxygens (including phenoxy) is 1. The van der Waals surface area contributed by atoms with Crippen LogP contribution < -0.4 is 10.1 Å². The van der Waals surface area contributed by atoms with Gasteiger partial charge < -0.3 is 15.2 Å². The van der Waals surface area contributed by atoms with E-state index in [1.165, 1.54) is 0 Å². The number of aromatic hydroxyl groups is 1. The van der Waals surface area contributed by atoms with E-state index in [4.69, 9.17) is 16.3 Å². The Morgan fingerprint density at radius 3 is 3.00 bits per heavy atom. The Labute approximate surface area is 100 Å². The van der Waals surface area contributed by atoms with Gasteiger partial charge in [-0.3, -0.25) is 0 Å². The third kappa shape index (κ3) is 2.42. The third-order valence-electron chi connectivity index (χ3n) is 3.02. The summed E-state index contributed by atoms with van der Waals surface area (Å²) in [5, 5.41) is 13.5. The van der Waals surface area contributed by atoms with E-state index in [0.29, 0.717) is 16.7 Å². The minimum atomic E-state index is 0.189. The van der Waals surface area contributed by atoms with E-state index < -0.39 is 0 Å². The summed E-state index contributed by atoms with van der Waals surface area (Å²) in [5.41, 5.74) is 0.873. The molecule has 1 aliphatic heterocycles. The minimum absolute atomic E-state index is 0.189. The van der Waals surface area contributed by atoms with Crippen LogP contribution in [-0.2, 0) is 6.42 Å². The molecular weight excluding hydrogens is 226 g/mol. The topological polar surface area (TPSA) is 41.5 Å². The molecule has 1 fully saturated rings. The molecule has 0 saturated carbocycles. The molecule has 4 heteroatoms. The zero-order chi connectivity index (χ0) is 11.5. The summed E-state index contributed by atoms with van der Waals surface area (Å²) < 4.78 is 5.14. The number of hydrogen-bond donors (Lipinski definition) is 2. The van der Waals surface area contributed by atoms with Gasteiger partial charge in [-0.15, -0.1) is 0 Å². The quantitative estimate of drug-likeness (QED) is 0.853. The molecule has 1 aromatic carbocycles. The van der Waals surface area contributed by atoms with E-state index in [1.807, 2.05) is 6.07 Å². The number of halogens is 1. The molecule has 1 aromatic rings. The van der Waals surface area contributed by atoms with Crippen LogP contribution in [0.15, 0.2) is 12.1 Å². The molecule has 0 aliphatic carbocycles. The molecule has 0 amide bonds. The molecule has 0 aromatic heterocycles. The van der Waals surface area contributed by atoms with Gasteiger partial charge >= 0.3 is 0 Å². The van der Waals surface area contributed by atoms with Crippen LogP contribution in [-0.4, -0.2) is 25.3 Å². The van der Waals surface area contributed by atoms with Crippen molar-refractivity contribution in [2.45, 2.75) is 12.8 Å². The van der Waals surface area contributed by atoms with Gasteiger partial charge in [-0.1, -0.05) is 11.6 Å². The molecule has 1 heterocycles. The normalized spacial score (nSPS) is 20.0. The van der Waals surface area contributed by atoms with Crippen molar-refractivity contribution >= 4 is 11.6 Å². The molecule has 3 nitrogen and oxygen atoms in total. The van der Waals surface area contributed by atoms with Crippen molar-refractivity contribution in [1.82, 2.24) is 5.32 Å². The first-order chi connectivity index (χ1) is 7.70. The van der Waals surface area contributed by atoms with E-state index in [0.717, 1.165) is 31.5 Å². The zero-order valence-corrected chi connectivity index (χ0v) is 10.0. The highest BCUT2D eigenvalue weighted by atomic mass is 35.5. The van der Waals surface area contributed by atoms with Crippen molar-refractivity contribution in [2.75, 3.05) is 20.2 Å². The molecule has 16 heavy (non-hydrogen) atoms. The average molecular weight is 242 g/mol. The monoisotopic (exact) mass is 241 g/mol. The first-order valence-corrected chi connectivity index (χ1v) is 5.84. The summed E-state index contributed by atoms with van der Waals surface area (Å²) in [5.74, 6) is 1.46. The summed E-state index contributed by atoms with van der Waals surface area (Å²) in [6, 6.07) is 3.49. The van der Waals surface area contributed by atoms with Gasteiger partial charge in [-0.05, 0) is 43.5 Å². The minimum Gasteiger partial charge on any atom is -0.506 e. The Bertz CT molecular complexity index is 376. The van der Waals surface area contributed by atoms with Gasteiger partial charge in [0.05, 0.1) is 12.1 Å². The van der Waals surface area contributed by atoms with Crippen molar-refractivity contribution in [3.63, 3.8) is 0 Å². The molecule has 2 N–H and O–H groups in total. The fraction of sp³-hybridized carbons (Fsp3) is 0.500. The van der Waals surface area contributed by atoms with Crippen LogP contribution in [0.2, 0.25) is 5.02 Å². The summed E-state index contributed by atoms with van der Waals surface area (Å²) in [6.45, 7) is 2.07. The SMILES string of the molecule is COc1cc(Cl)c(O)c(CC2CCNC2)c1. The van der Waals surface area contributed by atoms with E-state index in [2.05, 4.69) is 5.32 Å². The number of rotatable bonds is 3. The molecular formula is C12H16ClNO2. The Morgan fingerprint density at radius 2 is 2.38 bits per heavy atom. The Balaban J connectivity index is 2.20. The van der Waals surface area contributed by atoms with Crippen LogP contribution in [0.1, 0.15) is 12.0 Å². The lowest BCUT2D eigenvalue weighted by atomic mass is 9.98. The molecule has 1 atom stereocenters. The molecule has 0 bridgehead atoms. The fourth-order valence-corrected chi connectivity index (χ4v) is 2.33. The van der Waals surface area contributed by atoms with Gasteiger partial charge in [0.15, 0.2) is 0 Å². The van der Waals surface area contributed by atoms with Crippen molar-refractivity contribution in [1.29, 1.82) is 0 Å². The molecule has 0 spiro atoms. The summed E-state index contributed by atoms with van der Waals surface area (Å²) in [7, 11) is 1.60. The van der Waals surface area contributed by atoms with Crippen LogP contribution in [0.4, 0.5) is 0 Å². The van der Waals surface area contributed by atoms with Crippen LogP contribution in [0.25, 0.3) is 0 Å². The number of methoxy groups -OCH3 is 1. The first kappa shape index (κ1) is 11.6. The number of nitrogens with one attached hydrogen (secondary N) is 1. The second-order valence-electron chi connectivity index (χ2n) is 4.18. The molecule has 1 saturated heterocycles. The molecule has 88 valence electrons. The summed E-state index contributed by atoms with van der Waals surface area (Å²) >= 11 is 5.94. The van der Waals surface area contributed by atoms with Crippen molar-refractivity contribution in [3.8, 4) is 11.5 Å². The Morgan fingerprint density at radius 1 is 1.56 bits per heavy atom.